The molecule has 1 N–H and O–H groups in total. The second kappa shape index (κ2) is 5.97. The predicted octanol–water partition coefficient (Wildman–Crippen LogP) is 1.06. The lowest BCUT2D eigenvalue weighted by Crippen LogP contribution is -2.30. The third kappa shape index (κ3) is 5.66. The number of nitroso groups, excluding NO2 is 1. The number of nitrogens with one attached hydrogen (secondary N) is 1. The first-order chi connectivity index (χ1) is 5.20. The van der Waals surface area contributed by atoms with E-state index in [0.717, 1.165) is 6.42 Å². The van der Waals surface area contributed by atoms with Gasteiger partial charge in [0.1, 0.15) is 11.9 Å². The molecule has 11 heavy (non-hydrogen) atoms. The molecular weight excluding hydrogens is 144 g/mol. The molecule has 0 aliphatic rings. The summed E-state index contributed by atoms with van der Waals surface area (Å²) in [6.45, 7) is 3.67. The van der Waals surface area contributed by atoms with Crippen LogP contribution >= 0.6 is 0 Å². The van der Waals surface area contributed by atoms with Crippen molar-refractivity contribution in [2.24, 2.45) is 5.18 Å². The number of Topliss-reactive ketones (excluding diaryl/α,β-unsaturated/α-hetero) is 1. The van der Waals surface area contributed by atoms with Crippen molar-refractivity contribution in [3.8, 4) is 0 Å². The molecule has 0 aromatic rings. The maximum atomic E-state index is 10.5. The Balaban J connectivity index is 3.51. The number of carbonyl (C=O) groups is 1. The highest BCUT2D eigenvalue weighted by atomic mass is 16.3. The van der Waals surface area contributed by atoms with Gasteiger partial charge in [-0.25, -0.2) is 0 Å². The molecule has 4 heteroatoms. The zero-order chi connectivity index (χ0) is 8.69. The molecule has 0 aliphatic carbocycles. The zero-order valence-corrected chi connectivity index (χ0v) is 6.96. The van der Waals surface area contributed by atoms with Gasteiger partial charge in [-0.15, -0.1) is 4.91 Å². The summed E-state index contributed by atoms with van der Waals surface area (Å²) in [4.78, 5) is 20.5. The Kier molecular flexibility index (Phi) is 5.56. The fourth-order valence-corrected chi connectivity index (χ4v) is 0.727. The van der Waals surface area contributed by atoms with Crippen molar-refractivity contribution in [3.63, 3.8) is 0 Å². The molecule has 0 bridgehead atoms. The normalized spacial score (nSPS) is 12.5. The highest BCUT2D eigenvalue weighted by Crippen LogP contribution is 1.96. The molecule has 4 nitrogen and oxygen atoms in total. The number of ketones is 1. The number of hydrogen-bond acceptors (Lipinski definition) is 4. The molecule has 0 saturated heterocycles. The molecule has 1 atom stereocenters. The predicted molar refractivity (Wildman–Crippen MR) is 43.2 cm³/mol. The van der Waals surface area contributed by atoms with Gasteiger partial charge in [-0.3, -0.25) is 10.1 Å². The van der Waals surface area contributed by atoms with E-state index in [-0.39, 0.29) is 12.3 Å². The van der Waals surface area contributed by atoms with E-state index in [4.69, 9.17) is 0 Å². The van der Waals surface area contributed by atoms with Crippen LogP contribution in [-0.2, 0) is 4.79 Å². The summed E-state index contributed by atoms with van der Waals surface area (Å²) in [6, 6.07) is 0. The molecule has 0 amide bonds. The van der Waals surface area contributed by atoms with E-state index in [9.17, 15) is 9.70 Å². The molecule has 0 heterocycles. The average molecular weight is 158 g/mol. The van der Waals surface area contributed by atoms with Gasteiger partial charge in [0.15, 0.2) is 0 Å². The first-order valence-corrected chi connectivity index (χ1v) is 3.76. The topological polar surface area (TPSA) is 58.5 Å². The fourth-order valence-electron chi connectivity index (χ4n) is 0.727. The molecule has 64 valence electrons. The van der Waals surface area contributed by atoms with E-state index in [1.54, 1.807) is 0 Å². The zero-order valence-electron chi connectivity index (χ0n) is 6.96. The van der Waals surface area contributed by atoms with Crippen molar-refractivity contribution in [1.82, 2.24) is 5.32 Å². The lowest BCUT2D eigenvalue weighted by molar-refractivity contribution is -0.116. The van der Waals surface area contributed by atoms with Gasteiger partial charge in [0.05, 0.1) is 6.54 Å². The molecule has 0 saturated carbocycles. The summed E-state index contributed by atoms with van der Waals surface area (Å²) in [5.74, 6) is 0.0229. The van der Waals surface area contributed by atoms with E-state index >= 15 is 0 Å². The quantitative estimate of drug-likeness (QED) is 0.588. The van der Waals surface area contributed by atoms with Gasteiger partial charge in [0.2, 0.25) is 0 Å². The molecule has 1 unspecified atom stereocenters. The Bertz CT molecular complexity index is 136. The van der Waals surface area contributed by atoms with Gasteiger partial charge in [-0.05, 0) is 13.3 Å². The van der Waals surface area contributed by atoms with Gasteiger partial charge in [-0.1, -0.05) is 18.5 Å². The van der Waals surface area contributed by atoms with Crippen molar-refractivity contribution in [3.05, 3.63) is 4.91 Å². The van der Waals surface area contributed by atoms with Crippen LogP contribution in [0.5, 0.6) is 0 Å². The first kappa shape index (κ1) is 10.2. The summed E-state index contributed by atoms with van der Waals surface area (Å²) >= 11 is 0. The largest absolute Gasteiger partial charge is 0.299 e. The SMILES string of the molecule is CCCC(N=O)NCC(C)=O. The second-order valence-electron chi connectivity index (χ2n) is 2.49. The van der Waals surface area contributed by atoms with Crippen LogP contribution in [0.25, 0.3) is 0 Å². The smallest absolute Gasteiger partial charge is 0.143 e. The highest BCUT2D eigenvalue weighted by molar-refractivity contribution is 5.77. The monoisotopic (exact) mass is 158 g/mol. The average Bonchev–Trinajstić information content (AvgIpc) is 1.97. The minimum Gasteiger partial charge on any atom is -0.299 e. The van der Waals surface area contributed by atoms with Crippen LogP contribution in [-0.4, -0.2) is 18.5 Å². The maximum Gasteiger partial charge on any atom is 0.143 e. The third-order valence-corrected chi connectivity index (χ3v) is 1.28. The minimum absolute atomic E-state index is 0.0229. The van der Waals surface area contributed by atoms with Crippen LogP contribution in [0.4, 0.5) is 0 Å². The Hall–Kier alpha value is -0.770. The third-order valence-electron chi connectivity index (χ3n) is 1.28. The maximum absolute atomic E-state index is 10.5. The Morgan fingerprint density at radius 1 is 1.64 bits per heavy atom. The first-order valence-electron chi connectivity index (χ1n) is 3.76. The summed E-state index contributed by atoms with van der Waals surface area (Å²) < 4.78 is 0. The summed E-state index contributed by atoms with van der Waals surface area (Å²) in [7, 11) is 0. The molecule has 0 aromatic heterocycles. The number of carbonyl (C=O) groups excluding carboxylic acids is 1. The molecular formula is C7H14N2O2. The summed E-state index contributed by atoms with van der Waals surface area (Å²) in [5, 5.41) is 5.58. The molecule has 0 spiro atoms. The highest BCUT2D eigenvalue weighted by Gasteiger charge is 2.05. The van der Waals surface area contributed by atoms with Crippen molar-refractivity contribution in [1.29, 1.82) is 0 Å². The van der Waals surface area contributed by atoms with Gasteiger partial charge in [0.25, 0.3) is 0 Å². The Morgan fingerprint density at radius 2 is 2.27 bits per heavy atom. The van der Waals surface area contributed by atoms with Crippen molar-refractivity contribution in [2.45, 2.75) is 32.9 Å². The lowest BCUT2D eigenvalue weighted by atomic mass is 10.3. The van der Waals surface area contributed by atoms with Crippen molar-refractivity contribution < 1.29 is 4.79 Å². The fraction of sp³-hybridized carbons (Fsp3) is 0.857. The van der Waals surface area contributed by atoms with Crippen molar-refractivity contribution in [2.75, 3.05) is 6.54 Å². The number of hydrogen-bond donors (Lipinski definition) is 1. The van der Waals surface area contributed by atoms with E-state index in [0.29, 0.717) is 6.42 Å². The summed E-state index contributed by atoms with van der Waals surface area (Å²) in [5.41, 5.74) is 0. The number of rotatable bonds is 6. The van der Waals surface area contributed by atoms with E-state index in [2.05, 4.69) is 10.5 Å². The van der Waals surface area contributed by atoms with Gasteiger partial charge in [0, 0.05) is 0 Å². The Morgan fingerprint density at radius 3 is 2.64 bits per heavy atom. The van der Waals surface area contributed by atoms with Crippen LogP contribution < -0.4 is 5.32 Å². The van der Waals surface area contributed by atoms with Crippen LogP contribution in [0, 0.1) is 4.91 Å². The van der Waals surface area contributed by atoms with Crippen LogP contribution in [0.2, 0.25) is 0 Å². The molecule has 0 fully saturated rings. The summed E-state index contributed by atoms with van der Waals surface area (Å²) in [6.07, 6.45) is 1.18. The number of nitrogens with zero attached hydrogens (tertiary/aromatic N) is 1. The molecule has 0 aliphatic heterocycles. The molecule has 0 rings (SSSR count). The van der Waals surface area contributed by atoms with E-state index < -0.39 is 6.17 Å². The van der Waals surface area contributed by atoms with Gasteiger partial charge >= 0.3 is 0 Å². The second-order valence-corrected chi connectivity index (χ2v) is 2.49. The van der Waals surface area contributed by atoms with Crippen LogP contribution in [0.15, 0.2) is 5.18 Å². The van der Waals surface area contributed by atoms with Gasteiger partial charge in [-0.2, -0.15) is 0 Å². The standard InChI is InChI=1S/C7H14N2O2/c1-3-4-7(9-11)8-5-6(2)10/h7-8H,3-5H2,1-2H3. The van der Waals surface area contributed by atoms with Crippen LogP contribution in [0.3, 0.4) is 0 Å². The molecule has 0 radical (unpaired) electrons. The lowest BCUT2D eigenvalue weighted by Gasteiger charge is -2.07. The van der Waals surface area contributed by atoms with Crippen LogP contribution in [0.1, 0.15) is 26.7 Å². The minimum atomic E-state index is -0.399. The van der Waals surface area contributed by atoms with Gasteiger partial charge < -0.3 is 0 Å². The van der Waals surface area contributed by atoms with Crippen molar-refractivity contribution >= 4 is 5.78 Å². The Labute approximate surface area is 66.3 Å². The van der Waals surface area contributed by atoms with E-state index in [1.165, 1.54) is 6.92 Å². The van der Waals surface area contributed by atoms with E-state index in [1.807, 2.05) is 6.92 Å². The molecule has 0 aromatic carbocycles.